The molecule has 1 fully saturated rings. The van der Waals surface area contributed by atoms with Gasteiger partial charge in [-0.3, -0.25) is 9.58 Å². The number of benzene rings is 1. The van der Waals surface area contributed by atoms with Crippen LogP contribution in [-0.4, -0.2) is 51.8 Å². The number of nitrogens with one attached hydrogen (secondary N) is 1. The molecule has 0 spiro atoms. The zero-order chi connectivity index (χ0) is 18.5. The Balaban J connectivity index is 1.52. The SMILES string of the molecule is Cc1c(CNC(=O)N(C)C2CCCN(Cc3ccccc3)C2)cnn1C. The van der Waals surface area contributed by atoms with Gasteiger partial charge in [0.2, 0.25) is 0 Å². The number of amides is 2. The third kappa shape index (κ3) is 4.43. The summed E-state index contributed by atoms with van der Waals surface area (Å²) in [6.45, 7) is 5.49. The van der Waals surface area contributed by atoms with E-state index in [1.165, 1.54) is 5.56 Å². The quantitative estimate of drug-likeness (QED) is 0.897. The van der Waals surface area contributed by atoms with Gasteiger partial charge in [-0.2, -0.15) is 5.10 Å². The van der Waals surface area contributed by atoms with E-state index in [0.29, 0.717) is 6.54 Å². The minimum Gasteiger partial charge on any atom is -0.334 e. The Labute approximate surface area is 155 Å². The molecule has 2 amide bonds. The van der Waals surface area contributed by atoms with Crippen LogP contribution in [0.1, 0.15) is 29.7 Å². The summed E-state index contributed by atoms with van der Waals surface area (Å²) in [5.41, 5.74) is 3.47. The van der Waals surface area contributed by atoms with Gasteiger partial charge in [0.25, 0.3) is 0 Å². The molecule has 0 bridgehead atoms. The highest BCUT2D eigenvalue weighted by molar-refractivity contribution is 5.74. The van der Waals surface area contributed by atoms with Crippen LogP contribution in [0.4, 0.5) is 4.79 Å². The van der Waals surface area contributed by atoms with Gasteiger partial charge in [-0.05, 0) is 31.9 Å². The number of aromatic nitrogens is 2. The van der Waals surface area contributed by atoms with Gasteiger partial charge >= 0.3 is 6.03 Å². The first-order valence-electron chi connectivity index (χ1n) is 9.29. The van der Waals surface area contributed by atoms with Gasteiger partial charge < -0.3 is 10.2 Å². The van der Waals surface area contributed by atoms with E-state index < -0.39 is 0 Å². The van der Waals surface area contributed by atoms with Crippen LogP contribution in [0.25, 0.3) is 0 Å². The van der Waals surface area contributed by atoms with Gasteiger partial charge in [-0.15, -0.1) is 0 Å². The minimum absolute atomic E-state index is 0.0141. The summed E-state index contributed by atoms with van der Waals surface area (Å²) in [6.07, 6.45) is 4.00. The summed E-state index contributed by atoms with van der Waals surface area (Å²) in [4.78, 5) is 16.9. The van der Waals surface area contributed by atoms with Gasteiger partial charge in [0, 0.05) is 51.0 Å². The standard InChI is InChI=1S/C20H29N5O/c1-16-18(13-22-24(16)3)12-21-20(26)23(2)19-10-7-11-25(15-19)14-17-8-5-4-6-9-17/h4-6,8-9,13,19H,7,10-12,14-15H2,1-3H3,(H,21,26). The molecule has 140 valence electrons. The van der Waals surface area contributed by atoms with E-state index in [1.54, 1.807) is 0 Å². The molecule has 1 saturated heterocycles. The Morgan fingerprint density at radius 2 is 2.12 bits per heavy atom. The second-order valence-electron chi connectivity index (χ2n) is 7.17. The molecular weight excluding hydrogens is 326 g/mol. The van der Waals surface area contributed by atoms with Crippen LogP contribution in [0, 0.1) is 6.92 Å². The molecular formula is C20H29N5O. The molecule has 0 saturated carbocycles. The van der Waals surface area contributed by atoms with Crippen molar-refractivity contribution in [1.82, 2.24) is 24.9 Å². The normalized spacial score (nSPS) is 17.9. The number of carbonyl (C=O) groups is 1. The Morgan fingerprint density at radius 1 is 1.35 bits per heavy atom. The summed E-state index contributed by atoms with van der Waals surface area (Å²) in [5, 5.41) is 7.25. The minimum atomic E-state index is -0.0141. The molecule has 2 heterocycles. The largest absolute Gasteiger partial charge is 0.334 e. The second-order valence-corrected chi connectivity index (χ2v) is 7.17. The van der Waals surface area contributed by atoms with Crippen molar-refractivity contribution in [3.63, 3.8) is 0 Å². The lowest BCUT2D eigenvalue weighted by Crippen LogP contribution is -2.50. The first-order chi connectivity index (χ1) is 12.5. The number of nitrogens with zero attached hydrogens (tertiary/aromatic N) is 4. The van der Waals surface area contributed by atoms with E-state index in [9.17, 15) is 4.79 Å². The van der Waals surface area contributed by atoms with Crippen LogP contribution >= 0.6 is 0 Å². The summed E-state index contributed by atoms with van der Waals surface area (Å²) in [5.74, 6) is 0. The van der Waals surface area contributed by atoms with Crippen molar-refractivity contribution in [2.45, 2.75) is 38.9 Å². The summed E-state index contributed by atoms with van der Waals surface area (Å²) in [7, 11) is 3.82. The average molecular weight is 355 g/mol. The van der Waals surface area contributed by atoms with Crippen LogP contribution in [0.5, 0.6) is 0 Å². The highest BCUT2D eigenvalue weighted by Gasteiger charge is 2.26. The van der Waals surface area contributed by atoms with Gasteiger partial charge in [0.1, 0.15) is 0 Å². The maximum Gasteiger partial charge on any atom is 0.317 e. The number of hydrogen-bond donors (Lipinski definition) is 1. The lowest BCUT2D eigenvalue weighted by molar-refractivity contribution is 0.121. The summed E-state index contributed by atoms with van der Waals surface area (Å²) >= 11 is 0. The zero-order valence-corrected chi connectivity index (χ0v) is 16.0. The van der Waals surface area contributed by atoms with Crippen molar-refractivity contribution in [2.24, 2.45) is 7.05 Å². The fourth-order valence-electron chi connectivity index (χ4n) is 3.51. The predicted molar refractivity (Wildman–Crippen MR) is 103 cm³/mol. The van der Waals surface area contributed by atoms with Gasteiger partial charge in [0.15, 0.2) is 0 Å². The molecule has 26 heavy (non-hydrogen) atoms. The van der Waals surface area contributed by atoms with E-state index in [-0.39, 0.29) is 12.1 Å². The summed E-state index contributed by atoms with van der Waals surface area (Å²) < 4.78 is 1.83. The molecule has 6 nitrogen and oxygen atoms in total. The summed E-state index contributed by atoms with van der Waals surface area (Å²) in [6, 6.07) is 10.8. The predicted octanol–water partition coefficient (Wildman–Crippen LogP) is 2.53. The maximum absolute atomic E-state index is 12.6. The lowest BCUT2D eigenvalue weighted by atomic mass is 10.0. The molecule has 1 aromatic carbocycles. The van der Waals surface area contributed by atoms with Crippen LogP contribution in [0.2, 0.25) is 0 Å². The van der Waals surface area contributed by atoms with E-state index in [4.69, 9.17) is 0 Å². The molecule has 1 aliphatic rings. The number of likely N-dealkylation sites (tertiary alicyclic amines) is 1. The molecule has 2 aromatic rings. The Kier molecular flexibility index (Phi) is 5.93. The number of rotatable bonds is 5. The van der Waals surface area contributed by atoms with Crippen molar-refractivity contribution >= 4 is 6.03 Å². The van der Waals surface area contributed by atoms with Crippen LogP contribution in [-0.2, 0) is 20.1 Å². The molecule has 0 aliphatic carbocycles. The fourth-order valence-corrected chi connectivity index (χ4v) is 3.51. The zero-order valence-electron chi connectivity index (χ0n) is 16.0. The van der Waals surface area contributed by atoms with E-state index in [2.05, 4.69) is 39.6 Å². The van der Waals surface area contributed by atoms with Gasteiger partial charge in [0.05, 0.1) is 6.20 Å². The third-order valence-corrected chi connectivity index (χ3v) is 5.36. The molecule has 1 N–H and O–H groups in total. The van der Waals surface area contributed by atoms with Crippen molar-refractivity contribution in [1.29, 1.82) is 0 Å². The maximum atomic E-state index is 12.6. The molecule has 3 rings (SSSR count). The van der Waals surface area contributed by atoms with Gasteiger partial charge in [-0.25, -0.2) is 4.79 Å². The third-order valence-electron chi connectivity index (χ3n) is 5.36. The molecule has 1 atom stereocenters. The number of likely N-dealkylation sites (N-methyl/N-ethyl adjacent to an activating group) is 1. The first kappa shape index (κ1) is 18.5. The Hall–Kier alpha value is -2.34. The van der Waals surface area contributed by atoms with Crippen LogP contribution in [0.3, 0.4) is 0 Å². The van der Waals surface area contributed by atoms with E-state index in [1.807, 2.05) is 42.9 Å². The average Bonchev–Trinajstić information content (AvgIpc) is 2.98. The van der Waals surface area contributed by atoms with Crippen molar-refractivity contribution in [3.05, 3.63) is 53.3 Å². The second kappa shape index (κ2) is 8.36. The number of piperidine rings is 1. The lowest BCUT2D eigenvalue weighted by Gasteiger charge is -2.37. The number of hydrogen-bond acceptors (Lipinski definition) is 3. The fraction of sp³-hybridized carbons (Fsp3) is 0.500. The molecule has 0 radical (unpaired) electrons. The highest BCUT2D eigenvalue weighted by atomic mass is 16.2. The van der Waals surface area contributed by atoms with Crippen molar-refractivity contribution < 1.29 is 4.79 Å². The molecule has 1 unspecified atom stereocenters. The smallest absolute Gasteiger partial charge is 0.317 e. The molecule has 1 aliphatic heterocycles. The topological polar surface area (TPSA) is 53.4 Å². The van der Waals surface area contributed by atoms with Crippen molar-refractivity contribution in [3.8, 4) is 0 Å². The van der Waals surface area contributed by atoms with Crippen LogP contribution in [0.15, 0.2) is 36.5 Å². The first-order valence-corrected chi connectivity index (χ1v) is 9.29. The van der Waals surface area contributed by atoms with E-state index >= 15 is 0 Å². The number of urea groups is 1. The Morgan fingerprint density at radius 3 is 2.81 bits per heavy atom. The van der Waals surface area contributed by atoms with Crippen molar-refractivity contribution in [2.75, 3.05) is 20.1 Å². The van der Waals surface area contributed by atoms with Gasteiger partial charge in [-0.1, -0.05) is 30.3 Å². The molecule has 6 heteroatoms. The highest BCUT2D eigenvalue weighted by Crippen LogP contribution is 2.17. The van der Waals surface area contributed by atoms with Crippen LogP contribution < -0.4 is 5.32 Å². The Bertz CT molecular complexity index is 727. The number of carbonyl (C=O) groups excluding carboxylic acids is 1. The number of aryl methyl sites for hydroxylation is 1. The van der Waals surface area contributed by atoms with E-state index in [0.717, 1.165) is 43.7 Å². The monoisotopic (exact) mass is 355 g/mol. The molecule has 1 aromatic heterocycles.